The summed E-state index contributed by atoms with van der Waals surface area (Å²) in [6.45, 7) is 9.70. The summed E-state index contributed by atoms with van der Waals surface area (Å²) in [6, 6.07) is 12.7. The molecule has 0 saturated heterocycles. The molecule has 1 unspecified atom stereocenters. The average molecular weight is 431 g/mol. The molecule has 30 heavy (non-hydrogen) atoms. The fourth-order valence-electron chi connectivity index (χ4n) is 3.30. The van der Waals surface area contributed by atoms with E-state index in [1.54, 1.807) is 4.90 Å². The molecule has 0 aromatic heterocycles. The van der Waals surface area contributed by atoms with Crippen molar-refractivity contribution in [1.29, 1.82) is 0 Å². The van der Waals surface area contributed by atoms with Gasteiger partial charge in [-0.05, 0) is 62.9 Å². The van der Waals surface area contributed by atoms with Crippen LogP contribution in [0.3, 0.4) is 0 Å². The molecule has 0 bridgehead atoms. The third-order valence-electron chi connectivity index (χ3n) is 4.78. The van der Waals surface area contributed by atoms with E-state index in [9.17, 15) is 9.59 Å². The summed E-state index contributed by atoms with van der Waals surface area (Å²) in [5.41, 5.74) is 2.74. The highest BCUT2D eigenvalue weighted by Gasteiger charge is 2.29. The standard InChI is InChI=1S/C24H31ClN2O3/c1-6-21(24(29)26-16(2)3)27(14-19-10-8-7-9-11-19)22(28)15-30-20-12-17(4)23(25)18(5)13-20/h7-13,16,21H,6,14-15H2,1-5H3,(H,26,29). The molecule has 2 rings (SSSR count). The molecule has 1 atom stereocenters. The second kappa shape index (κ2) is 11.0. The van der Waals surface area contributed by atoms with Gasteiger partial charge in [-0.15, -0.1) is 0 Å². The van der Waals surface area contributed by atoms with Gasteiger partial charge in [0.2, 0.25) is 5.91 Å². The summed E-state index contributed by atoms with van der Waals surface area (Å²) in [7, 11) is 0. The van der Waals surface area contributed by atoms with Gasteiger partial charge in [-0.3, -0.25) is 9.59 Å². The van der Waals surface area contributed by atoms with Crippen molar-refractivity contribution in [3.05, 3.63) is 64.2 Å². The Labute approximate surface area is 184 Å². The van der Waals surface area contributed by atoms with E-state index < -0.39 is 6.04 Å². The number of carbonyl (C=O) groups is 2. The number of benzene rings is 2. The molecule has 0 aliphatic carbocycles. The molecule has 1 N–H and O–H groups in total. The Bertz CT molecular complexity index is 845. The predicted octanol–water partition coefficient (Wildman–Crippen LogP) is 4.67. The fraction of sp³-hybridized carbons (Fsp3) is 0.417. The molecule has 0 aliphatic rings. The van der Waals surface area contributed by atoms with Crippen molar-refractivity contribution in [2.24, 2.45) is 0 Å². The minimum atomic E-state index is -0.572. The summed E-state index contributed by atoms with van der Waals surface area (Å²) in [5.74, 6) is 0.187. The minimum absolute atomic E-state index is 0.00325. The van der Waals surface area contributed by atoms with E-state index in [1.807, 2.05) is 77.1 Å². The third-order valence-corrected chi connectivity index (χ3v) is 5.38. The SMILES string of the molecule is CCC(C(=O)NC(C)C)N(Cc1ccccc1)C(=O)COc1cc(C)c(Cl)c(C)c1. The van der Waals surface area contributed by atoms with Gasteiger partial charge in [-0.25, -0.2) is 0 Å². The lowest BCUT2D eigenvalue weighted by Gasteiger charge is -2.31. The van der Waals surface area contributed by atoms with Crippen molar-refractivity contribution >= 4 is 23.4 Å². The first kappa shape index (κ1) is 23.7. The second-order valence-electron chi connectivity index (χ2n) is 7.75. The predicted molar refractivity (Wildman–Crippen MR) is 121 cm³/mol. The van der Waals surface area contributed by atoms with E-state index in [0.717, 1.165) is 16.7 Å². The summed E-state index contributed by atoms with van der Waals surface area (Å²) in [5, 5.41) is 3.61. The maximum atomic E-state index is 13.1. The molecular weight excluding hydrogens is 400 g/mol. The molecule has 0 heterocycles. The van der Waals surface area contributed by atoms with E-state index in [4.69, 9.17) is 16.3 Å². The third kappa shape index (κ3) is 6.49. The largest absolute Gasteiger partial charge is 0.484 e. The van der Waals surface area contributed by atoms with Crippen LogP contribution >= 0.6 is 11.6 Å². The summed E-state index contributed by atoms with van der Waals surface area (Å²) in [6.07, 6.45) is 0.510. The highest BCUT2D eigenvalue weighted by atomic mass is 35.5. The van der Waals surface area contributed by atoms with Crippen LogP contribution in [0.2, 0.25) is 5.02 Å². The molecule has 2 amide bonds. The number of nitrogens with zero attached hydrogens (tertiary/aromatic N) is 1. The first-order valence-electron chi connectivity index (χ1n) is 10.3. The van der Waals surface area contributed by atoms with Crippen LogP contribution in [0.5, 0.6) is 5.75 Å². The molecule has 162 valence electrons. The summed E-state index contributed by atoms with van der Waals surface area (Å²) in [4.78, 5) is 27.5. The van der Waals surface area contributed by atoms with Crippen LogP contribution < -0.4 is 10.1 Å². The van der Waals surface area contributed by atoms with Crippen molar-refractivity contribution in [2.45, 2.75) is 59.7 Å². The maximum Gasteiger partial charge on any atom is 0.261 e. The van der Waals surface area contributed by atoms with Crippen LogP contribution in [0.25, 0.3) is 0 Å². The first-order chi connectivity index (χ1) is 14.2. The number of halogens is 1. The number of ether oxygens (including phenoxy) is 1. The maximum absolute atomic E-state index is 13.1. The Balaban J connectivity index is 2.21. The Morgan fingerprint density at radius 2 is 1.70 bits per heavy atom. The average Bonchev–Trinajstić information content (AvgIpc) is 2.70. The Morgan fingerprint density at radius 3 is 2.23 bits per heavy atom. The van der Waals surface area contributed by atoms with Gasteiger partial charge < -0.3 is 15.0 Å². The van der Waals surface area contributed by atoms with Gasteiger partial charge in [0.05, 0.1) is 0 Å². The number of rotatable bonds is 9. The monoisotopic (exact) mass is 430 g/mol. The van der Waals surface area contributed by atoms with Crippen molar-refractivity contribution in [2.75, 3.05) is 6.61 Å². The van der Waals surface area contributed by atoms with Crippen molar-refractivity contribution in [3.63, 3.8) is 0 Å². The first-order valence-corrected chi connectivity index (χ1v) is 10.6. The van der Waals surface area contributed by atoms with Crippen LogP contribution in [0, 0.1) is 13.8 Å². The number of amides is 2. The number of aryl methyl sites for hydroxylation is 2. The van der Waals surface area contributed by atoms with E-state index in [-0.39, 0.29) is 24.5 Å². The van der Waals surface area contributed by atoms with Gasteiger partial charge in [0.15, 0.2) is 6.61 Å². The van der Waals surface area contributed by atoms with Crippen LogP contribution in [0.15, 0.2) is 42.5 Å². The molecule has 5 nitrogen and oxygen atoms in total. The van der Waals surface area contributed by atoms with Crippen LogP contribution in [0.1, 0.15) is 43.9 Å². The Morgan fingerprint density at radius 1 is 1.10 bits per heavy atom. The second-order valence-corrected chi connectivity index (χ2v) is 8.13. The molecule has 0 radical (unpaired) electrons. The van der Waals surface area contributed by atoms with Gasteiger partial charge in [0.1, 0.15) is 11.8 Å². The normalized spacial score (nSPS) is 11.8. The number of hydrogen-bond acceptors (Lipinski definition) is 3. The molecule has 2 aromatic rings. The van der Waals surface area contributed by atoms with Crippen LogP contribution in [0.4, 0.5) is 0 Å². The lowest BCUT2D eigenvalue weighted by atomic mass is 10.1. The lowest BCUT2D eigenvalue weighted by molar-refractivity contribution is -0.143. The number of nitrogens with one attached hydrogen (secondary N) is 1. The summed E-state index contributed by atoms with van der Waals surface area (Å²) < 4.78 is 5.78. The summed E-state index contributed by atoms with van der Waals surface area (Å²) >= 11 is 6.21. The van der Waals surface area contributed by atoms with Crippen LogP contribution in [-0.4, -0.2) is 35.4 Å². The van der Waals surface area contributed by atoms with Gasteiger partial charge in [-0.2, -0.15) is 0 Å². The van der Waals surface area contributed by atoms with Crippen molar-refractivity contribution < 1.29 is 14.3 Å². The Kier molecular flexibility index (Phi) is 8.72. The number of carbonyl (C=O) groups excluding carboxylic acids is 2. The quantitative estimate of drug-likeness (QED) is 0.629. The smallest absolute Gasteiger partial charge is 0.261 e. The zero-order valence-corrected chi connectivity index (χ0v) is 19.1. The van der Waals surface area contributed by atoms with E-state index >= 15 is 0 Å². The van der Waals surface area contributed by atoms with Crippen molar-refractivity contribution in [3.8, 4) is 5.75 Å². The van der Waals surface area contributed by atoms with Gasteiger partial charge >= 0.3 is 0 Å². The van der Waals surface area contributed by atoms with Gasteiger partial charge in [0.25, 0.3) is 5.91 Å². The highest BCUT2D eigenvalue weighted by Crippen LogP contribution is 2.26. The zero-order chi connectivity index (χ0) is 22.3. The van der Waals surface area contributed by atoms with Gasteiger partial charge in [-0.1, -0.05) is 48.9 Å². The number of hydrogen-bond donors (Lipinski definition) is 1. The van der Waals surface area contributed by atoms with E-state index in [0.29, 0.717) is 23.7 Å². The van der Waals surface area contributed by atoms with Crippen LogP contribution in [-0.2, 0) is 16.1 Å². The zero-order valence-electron chi connectivity index (χ0n) is 18.4. The molecular formula is C24H31ClN2O3. The Hall–Kier alpha value is -2.53. The fourth-order valence-corrected chi connectivity index (χ4v) is 3.41. The molecule has 2 aromatic carbocycles. The minimum Gasteiger partial charge on any atom is -0.484 e. The topological polar surface area (TPSA) is 58.6 Å². The highest BCUT2D eigenvalue weighted by molar-refractivity contribution is 6.32. The molecule has 0 aliphatic heterocycles. The van der Waals surface area contributed by atoms with Gasteiger partial charge in [0, 0.05) is 17.6 Å². The molecule has 0 saturated carbocycles. The van der Waals surface area contributed by atoms with E-state index in [2.05, 4.69) is 5.32 Å². The molecule has 0 spiro atoms. The molecule has 0 fully saturated rings. The molecule has 6 heteroatoms. The lowest BCUT2D eigenvalue weighted by Crippen LogP contribution is -2.51. The van der Waals surface area contributed by atoms with E-state index in [1.165, 1.54) is 0 Å². The van der Waals surface area contributed by atoms with Crippen molar-refractivity contribution in [1.82, 2.24) is 10.2 Å².